The first-order valence-corrected chi connectivity index (χ1v) is 8.18. The summed E-state index contributed by atoms with van der Waals surface area (Å²) < 4.78 is 19.1. The summed E-state index contributed by atoms with van der Waals surface area (Å²) in [5.41, 5.74) is 0.797. The van der Waals surface area contributed by atoms with Crippen LogP contribution in [0.25, 0.3) is 0 Å². The molecule has 2 saturated heterocycles. The monoisotopic (exact) mass is 307 g/mol. The van der Waals surface area contributed by atoms with Gasteiger partial charge in [0.1, 0.15) is 0 Å². The lowest BCUT2D eigenvalue weighted by Crippen LogP contribution is -2.41. The van der Waals surface area contributed by atoms with Crippen molar-refractivity contribution in [3.63, 3.8) is 0 Å². The Labute approximate surface area is 132 Å². The van der Waals surface area contributed by atoms with Crippen molar-refractivity contribution in [3.8, 4) is 0 Å². The average molecular weight is 307 g/mol. The van der Waals surface area contributed by atoms with Gasteiger partial charge in [-0.05, 0) is 27.2 Å². The van der Waals surface area contributed by atoms with Crippen LogP contribution < -0.4 is 5.46 Å². The molecular formula is C15H26BN3O3. The molecule has 1 aromatic rings. The van der Waals surface area contributed by atoms with E-state index in [1.807, 2.05) is 30.9 Å². The van der Waals surface area contributed by atoms with Gasteiger partial charge in [0.25, 0.3) is 0 Å². The van der Waals surface area contributed by atoms with Crippen LogP contribution in [0.4, 0.5) is 0 Å². The van der Waals surface area contributed by atoms with E-state index in [1.165, 1.54) is 0 Å². The Morgan fingerprint density at radius 2 is 2.27 bits per heavy atom. The summed E-state index contributed by atoms with van der Waals surface area (Å²) in [5, 5.41) is 4.42. The SMILES string of the molecule is CC1CN(CCCn2cc(B3OCC(C)(C)O3)cn2)CCO1. The van der Waals surface area contributed by atoms with Crippen molar-refractivity contribution in [3.05, 3.63) is 12.4 Å². The standard InChI is InChI=1S/C15H26BN3O3/c1-13-10-18(7-8-20-13)5-4-6-19-11-14(9-17-19)16-21-12-15(2,3)22-16/h9,11,13H,4-8,10,12H2,1-3H3. The van der Waals surface area contributed by atoms with Crippen LogP contribution in [-0.4, -0.2) is 66.4 Å². The highest BCUT2D eigenvalue weighted by molar-refractivity contribution is 6.61. The average Bonchev–Trinajstić information content (AvgIpc) is 3.05. The normalized spacial score (nSPS) is 25.8. The highest BCUT2D eigenvalue weighted by atomic mass is 16.7. The third-order valence-corrected chi connectivity index (χ3v) is 4.12. The molecule has 2 aliphatic rings. The molecule has 2 fully saturated rings. The molecule has 6 nitrogen and oxygen atoms in total. The quantitative estimate of drug-likeness (QED) is 0.742. The Morgan fingerprint density at radius 1 is 1.41 bits per heavy atom. The summed E-state index contributed by atoms with van der Waals surface area (Å²) in [6, 6.07) is 0. The molecule has 0 aromatic carbocycles. The summed E-state index contributed by atoms with van der Waals surface area (Å²) in [7, 11) is -0.274. The van der Waals surface area contributed by atoms with Gasteiger partial charge in [-0.15, -0.1) is 0 Å². The van der Waals surface area contributed by atoms with Gasteiger partial charge in [0, 0.05) is 44.0 Å². The highest BCUT2D eigenvalue weighted by Gasteiger charge is 2.38. The zero-order valence-electron chi connectivity index (χ0n) is 13.8. The van der Waals surface area contributed by atoms with Crippen LogP contribution in [0.5, 0.6) is 0 Å². The van der Waals surface area contributed by atoms with Crippen molar-refractivity contribution >= 4 is 12.6 Å². The minimum atomic E-state index is -0.274. The molecule has 0 bridgehead atoms. The van der Waals surface area contributed by atoms with Gasteiger partial charge in [0.05, 0.1) is 24.9 Å². The molecule has 1 atom stereocenters. The van der Waals surface area contributed by atoms with E-state index in [-0.39, 0.29) is 12.7 Å². The number of hydrogen-bond acceptors (Lipinski definition) is 5. The number of nitrogens with zero attached hydrogens (tertiary/aromatic N) is 3. The zero-order chi connectivity index (χ0) is 15.6. The second-order valence-corrected chi connectivity index (χ2v) is 6.89. The Hall–Kier alpha value is -0.885. The molecular weight excluding hydrogens is 281 g/mol. The second-order valence-electron chi connectivity index (χ2n) is 6.89. The molecule has 0 radical (unpaired) electrons. The van der Waals surface area contributed by atoms with E-state index in [2.05, 4.69) is 16.9 Å². The van der Waals surface area contributed by atoms with Crippen LogP contribution in [0, 0.1) is 0 Å². The molecule has 0 spiro atoms. The number of aryl methyl sites for hydroxylation is 1. The van der Waals surface area contributed by atoms with E-state index < -0.39 is 0 Å². The van der Waals surface area contributed by atoms with E-state index in [4.69, 9.17) is 14.0 Å². The Balaban J connectivity index is 1.44. The first-order chi connectivity index (χ1) is 10.5. The van der Waals surface area contributed by atoms with Crippen LogP contribution >= 0.6 is 0 Å². The number of rotatable bonds is 5. The van der Waals surface area contributed by atoms with Crippen LogP contribution in [0.1, 0.15) is 27.2 Å². The lowest BCUT2D eigenvalue weighted by molar-refractivity contribution is -0.0188. The number of morpholine rings is 1. The Morgan fingerprint density at radius 3 is 3.00 bits per heavy atom. The number of hydrogen-bond donors (Lipinski definition) is 0. The topological polar surface area (TPSA) is 48.8 Å². The molecule has 1 aromatic heterocycles. The first kappa shape index (κ1) is 16.0. The van der Waals surface area contributed by atoms with Crippen molar-refractivity contribution in [2.75, 3.05) is 32.8 Å². The smallest absolute Gasteiger partial charge is 0.404 e. The fourth-order valence-electron chi connectivity index (χ4n) is 2.97. The second kappa shape index (κ2) is 6.70. The van der Waals surface area contributed by atoms with Gasteiger partial charge in [-0.1, -0.05) is 0 Å². The lowest BCUT2D eigenvalue weighted by atomic mass is 9.82. The summed E-state index contributed by atoms with van der Waals surface area (Å²) >= 11 is 0. The Bertz CT molecular complexity index is 494. The van der Waals surface area contributed by atoms with Gasteiger partial charge in [-0.25, -0.2) is 0 Å². The molecule has 22 heavy (non-hydrogen) atoms. The van der Waals surface area contributed by atoms with Crippen molar-refractivity contribution in [1.82, 2.24) is 14.7 Å². The summed E-state index contributed by atoms with van der Waals surface area (Å²) in [6.45, 7) is 11.8. The largest absolute Gasteiger partial charge is 0.497 e. The third kappa shape index (κ3) is 4.10. The van der Waals surface area contributed by atoms with Gasteiger partial charge in [-0.2, -0.15) is 5.10 Å². The highest BCUT2D eigenvalue weighted by Crippen LogP contribution is 2.19. The minimum absolute atomic E-state index is 0.209. The van der Waals surface area contributed by atoms with Gasteiger partial charge in [0.15, 0.2) is 0 Å². The van der Waals surface area contributed by atoms with Gasteiger partial charge in [0.2, 0.25) is 0 Å². The molecule has 0 N–H and O–H groups in total. The van der Waals surface area contributed by atoms with Crippen LogP contribution in [0.3, 0.4) is 0 Å². The Kier molecular flexibility index (Phi) is 4.87. The van der Waals surface area contributed by atoms with E-state index in [9.17, 15) is 0 Å². The molecule has 0 saturated carbocycles. The lowest BCUT2D eigenvalue weighted by Gasteiger charge is -2.30. The zero-order valence-corrected chi connectivity index (χ0v) is 13.8. The summed E-state index contributed by atoms with van der Waals surface area (Å²) in [6.07, 6.45) is 5.33. The van der Waals surface area contributed by atoms with Gasteiger partial charge < -0.3 is 14.0 Å². The van der Waals surface area contributed by atoms with E-state index >= 15 is 0 Å². The molecule has 3 heterocycles. The molecule has 0 amide bonds. The van der Waals surface area contributed by atoms with Gasteiger partial charge >= 0.3 is 7.12 Å². The van der Waals surface area contributed by atoms with Gasteiger partial charge in [-0.3, -0.25) is 9.58 Å². The van der Waals surface area contributed by atoms with E-state index in [0.717, 1.165) is 44.7 Å². The molecule has 2 aliphatic heterocycles. The summed E-state index contributed by atoms with van der Waals surface area (Å²) in [4.78, 5) is 2.46. The number of ether oxygens (including phenoxy) is 1. The maximum absolute atomic E-state index is 5.86. The summed E-state index contributed by atoms with van der Waals surface area (Å²) in [5.74, 6) is 0. The molecule has 0 aliphatic carbocycles. The predicted molar refractivity (Wildman–Crippen MR) is 85.2 cm³/mol. The van der Waals surface area contributed by atoms with Crippen molar-refractivity contribution in [2.45, 2.75) is 45.4 Å². The molecule has 1 unspecified atom stereocenters. The molecule has 7 heteroatoms. The van der Waals surface area contributed by atoms with Crippen LogP contribution in [0.2, 0.25) is 0 Å². The van der Waals surface area contributed by atoms with Crippen molar-refractivity contribution in [2.24, 2.45) is 0 Å². The maximum atomic E-state index is 5.86. The number of aromatic nitrogens is 2. The molecule has 3 rings (SSSR count). The predicted octanol–water partition coefficient (Wildman–Crippen LogP) is 0.515. The molecule has 122 valence electrons. The minimum Gasteiger partial charge on any atom is -0.404 e. The third-order valence-electron chi connectivity index (χ3n) is 4.12. The maximum Gasteiger partial charge on any atom is 0.497 e. The van der Waals surface area contributed by atoms with E-state index in [1.54, 1.807) is 0 Å². The first-order valence-electron chi connectivity index (χ1n) is 8.18. The van der Waals surface area contributed by atoms with Crippen LogP contribution in [-0.2, 0) is 20.6 Å². The van der Waals surface area contributed by atoms with Crippen molar-refractivity contribution in [1.29, 1.82) is 0 Å². The van der Waals surface area contributed by atoms with E-state index in [0.29, 0.717) is 12.7 Å². The van der Waals surface area contributed by atoms with Crippen LogP contribution in [0.15, 0.2) is 12.4 Å². The fourth-order valence-corrected chi connectivity index (χ4v) is 2.97. The van der Waals surface area contributed by atoms with Crippen molar-refractivity contribution < 1.29 is 14.0 Å². The fraction of sp³-hybridized carbons (Fsp3) is 0.800.